The van der Waals surface area contributed by atoms with Crippen molar-refractivity contribution in [3.63, 3.8) is 0 Å². The van der Waals surface area contributed by atoms with Crippen molar-refractivity contribution in [2.75, 3.05) is 26.2 Å². The first-order valence-electron chi connectivity index (χ1n) is 9.82. The number of amides is 2. The molecule has 3 fully saturated rings. The normalized spacial score (nSPS) is 26.1. The average Bonchev–Trinajstić information content (AvgIpc) is 2.93. The zero-order valence-corrected chi connectivity index (χ0v) is 15.3. The molecule has 146 valence electrons. The molecule has 3 heterocycles. The predicted octanol–water partition coefficient (Wildman–Crippen LogP) is 2.17. The van der Waals surface area contributed by atoms with E-state index in [1.54, 1.807) is 4.90 Å². The smallest absolute Gasteiger partial charge is 0.256 e. The average molecular weight is 377 g/mol. The second-order valence-electron chi connectivity index (χ2n) is 7.81. The van der Waals surface area contributed by atoms with Gasteiger partial charge in [-0.1, -0.05) is 0 Å². The van der Waals surface area contributed by atoms with Crippen LogP contribution in [0.3, 0.4) is 0 Å². The molecule has 2 bridgehead atoms. The van der Waals surface area contributed by atoms with Gasteiger partial charge in [0.25, 0.3) is 5.91 Å². The van der Waals surface area contributed by atoms with Crippen molar-refractivity contribution in [1.29, 1.82) is 0 Å². The third-order valence-electron chi connectivity index (χ3n) is 6.20. The number of carbonyl (C=O) groups excluding carboxylic acids is 2. The van der Waals surface area contributed by atoms with Gasteiger partial charge in [0, 0.05) is 43.7 Å². The van der Waals surface area contributed by atoms with E-state index in [9.17, 15) is 18.4 Å². The molecule has 7 heteroatoms. The predicted molar refractivity (Wildman–Crippen MR) is 96.1 cm³/mol. The van der Waals surface area contributed by atoms with Crippen molar-refractivity contribution in [2.45, 2.75) is 44.2 Å². The summed E-state index contributed by atoms with van der Waals surface area (Å²) in [5.74, 6) is -1.83. The highest BCUT2D eigenvalue weighted by Crippen LogP contribution is 2.32. The molecule has 0 aliphatic carbocycles. The summed E-state index contributed by atoms with van der Waals surface area (Å²) in [6.07, 6.45) is 4.33. The number of hydrogen-bond acceptors (Lipinski definition) is 3. The van der Waals surface area contributed by atoms with Crippen LogP contribution in [0.2, 0.25) is 0 Å². The third-order valence-corrected chi connectivity index (χ3v) is 6.20. The van der Waals surface area contributed by atoms with Crippen LogP contribution < -0.4 is 5.32 Å². The number of rotatable bonds is 2. The second kappa shape index (κ2) is 7.54. The molecular formula is C20H25F2N3O2. The Morgan fingerprint density at radius 3 is 2.48 bits per heavy atom. The molecule has 4 rings (SSSR count). The Bertz CT molecular complexity index is 720. The van der Waals surface area contributed by atoms with Crippen LogP contribution in [0.25, 0.3) is 0 Å². The number of nitrogens with zero attached hydrogens (tertiary/aromatic N) is 2. The Morgan fingerprint density at radius 1 is 1.00 bits per heavy atom. The fourth-order valence-corrected chi connectivity index (χ4v) is 4.72. The first-order chi connectivity index (χ1) is 13.0. The molecule has 0 aromatic heterocycles. The maximum atomic E-state index is 13.9. The second-order valence-corrected chi connectivity index (χ2v) is 7.81. The van der Waals surface area contributed by atoms with Crippen LogP contribution in [-0.4, -0.2) is 59.9 Å². The maximum Gasteiger partial charge on any atom is 0.256 e. The summed E-state index contributed by atoms with van der Waals surface area (Å²) in [7, 11) is 0. The molecule has 3 aliphatic heterocycles. The van der Waals surface area contributed by atoms with Crippen LogP contribution in [-0.2, 0) is 4.79 Å². The Labute approximate surface area is 157 Å². The SMILES string of the molecule is O=C(c1ccc(F)cc1F)N1CCC(C(=O)N2C3CCNCC2CC3)CC1. The number of fused-ring (bicyclic) bond motifs is 2. The van der Waals surface area contributed by atoms with Crippen molar-refractivity contribution in [3.05, 3.63) is 35.4 Å². The van der Waals surface area contributed by atoms with E-state index in [-0.39, 0.29) is 23.4 Å². The van der Waals surface area contributed by atoms with Gasteiger partial charge in [0.05, 0.1) is 5.56 Å². The highest BCUT2D eigenvalue weighted by molar-refractivity contribution is 5.94. The summed E-state index contributed by atoms with van der Waals surface area (Å²) in [5, 5.41) is 3.41. The number of hydrogen-bond donors (Lipinski definition) is 1. The Morgan fingerprint density at radius 2 is 1.74 bits per heavy atom. The van der Waals surface area contributed by atoms with E-state index in [0.717, 1.165) is 44.5 Å². The van der Waals surface area contributed by atoms with Gasteiger partial charge >= 0.3 is 0 Å². The molecule has 0 saturated carbocycles. The lowest BCUT2D eigenvalue weighted by Crippen LogP contribution is -2.49. The molecule has 1 N–H and O–H groups in total. The van der Waals surface area contributed by atoms with Crippen molar-refractivity contribution in [3.8, 4) is 0 Å². The summed E-state index contributed by atoms with van der Waals surface area (Å²) in [4.78, 5) is 29.3. The molecule has 27 heavy (non-hydrogen) atoms. The van der Waals surface area contributed by atoms with E-state index in [1.807, 2.05) is 0 Å². The number of benzene rings is 1. The Balaban J connectivity index is 1.38. The van der Waals surface area contributed by atoms with Gasteiger partial charge in [-0.15, -0.1) is 0 Å². The summed E-state index contributed by atoms with van der Waals surface area (Å²) >= 11 is 0. The van der Waals surface area contributed by atoms with Crippen LogP contribution >= 0.6 is 0 Å². The molecule has 3 aliphatic rings. The molecule has 2 amide bonds. The summed E-state index contributed by atoms with van der Waals surface area (Å²) in [5.41, 5.74) is -0.113. The van der Waals surface area contributed by atoms with Crippen molar-refractivity contribution < 1.29 is 18.4 Å². The minimum atomic E-state index is -0.841. The largest absolute Gasteiger partial charge is 0.339 e. The number of piperidine rings is 1. The third kappa shape index (κ3) is 3.57. The fourth-order valence-electron chi connectivity index (χ4n) is 4.72. The van der Waals surface area contributed by atoms with Gasteiger partial charge in [0.1, 0.15) is 11.6 Å². The first-order valence-corrected chi connectivity index (χ1v) is 9.82. The lowest BCUT2D eigenvalue weighted by molar-refractivity contribution is -0.139. The molecule has 0 spiro atoms. The lowest BCUT2D eigenvalue weighted by Gasteiger charge is -2.36. The van der Waals surface area contributed by atoms with Gasteiger partial charge < -0.3 is 15.1 Å². The highest BCUT2D eigenvalue weighted by atomic mass is 19.1. The fraction of sp³-hybridized carbons (Fsp3) is 0.600. The number of nitrogens with one attached hydrogen (secondary N) is 1. The van der Waals surface area contributed by atoms with Crippen LogP contribution in [0.5, 0.6) is 0 Å². The number of likely N-dealkylation sites (tertiary alicyclic amines) is 1. The van der Waals surface area contributed by atoms with E-state index in [1.165, 1.54) is 6.07 Å². The zero-order chi connectivity index (χ0) is 19.0. The lowest BCUT2D eigenvalue weighted by atomic mass is 9.94. The van der Waals surface area contributed by atoms with Crippen LogP contribution in [0, 0.1) is 17.6 Å². The summed E-state index contributed by atoms with van der Waals surface area (Å²) < 4.78 is 26.9. The molecular weight excluding hydrogens is 352 g/mol. The van der Waals surface area contributed by atoms with Crippen LogP contribution in [0.4, 0.5) is 8.78 Å². The molecule has 5 nitrogen and oxygen atoms in total. The molecule has 3 saturated heterocycles. The molecule has 0 radical (unpaired) electrons. The molecule has 2 atom stereocenters. The minimum absolute atomic E-state index is 0.0756. The van der Waals surface area contributed by atoms with Crippen LogP contribution in [0.1, 0.15) is 42.5 Å². The Kier molecular flexibility index (Phi) is 5.12. The van der Waals surface area contributed by atoms with E-state index < -0.39 is 17.5 Å². The van der Waals surface area contributed by atoms with E-state index in [0.29, 0.717) is 32.0 Å². The van der Waals surface area contributed by atoms with E-state index in [2.05, 4.69) is 10.2 Å². The minimum Gasteiger partial charge on any atom is -0.339 e. The monoisotopic (exact) mass is 377 g/mol. The molecule has 1 aromatic carbocycles. The Hall–Kier alpha value is -2.02. The van der Waals surface area contributed by atoms with E-state index in [4.69, 9.17) is 0 Å². The standard InChI is InChI=1S/C20H25F2N3O2/c21-14-1-4-17(18(22)11-14)20(27)24-9-6-13(7-10-24)19(26)25-15-2-3-16(25)12-23-8-5-15/h1,4,11,13,15-16,23H,2-3,5-10,12H2. The maximum absolute atomic E-state index is 13.9. The van der Waals surface area contributed by atoms with Gasteiger partial charge in [-0.05, 0) is 50.8 Å². The van der Waals surface area contributed by atoms with Crippen LogP contribution in [0.15, 0.2) is 18.2 Å². The topological polar surface area (TPSA) is 52.7 Å². The zero-order valence-electron chi connectivity index (χ0n) is 15.3. The van der Waals surface area contributed by atoms with Crippen molar-refractivity contribution >= 4 is 11.8 Å². The quantitative estimate of drug-likeness (QED) is 0.860. The molecule has 2 unspecified atom stereocenters. The van der Waals surface area contributed by atoms with Gasteiger partial charge in [-0.25, -0.2) is 8.78 Å². The van der Waals surface area contributed by atoms with Crippen molar-refractivity contribution in [2.24, 2.45) is 5.92 Å². The van der Waals surface area contributed by atoms with Gasteiger partial charge in [-0.3, -0.25) is 9.59 Å². The van der Waals surface area contributed by atoms with Gasteiger partial charge in [0.2, 0.25) is 5.91 Å². The summed E-state index contributed by atoms with van der Waals surface area (Å²) in [6.45, 7) is 2.67. The number of halogens is 2. The van der Waals surface area contributed by atoms with E-state index >= 15 is 0 Å². The number of carbonyl (C=O) groups is 2. The van der Waals surface area contributed by atoms with Gasteiger partial charge in [-0.2, -0.15) is 0 Å². The highest BCUT2D eigenvalue weighted by Gasteiger charge is 2.41. The van der Waals surface area contributed by atoms with Crippen molar-refractivity contribution in [1.82, 2.24) is 15.1 Å². The van der Waals surface area contributed by atoms with Gasteiger partial charge in [0.15, 0.2) is 0 Å². The summed E-state index contributed by atoms with van der Waals surface area (Å²) in [6, 6.07) is 3.64. The molecule has 1 aromatic rings. The first kappa shape index (κ1) is 18.3.